The van der Waals surface area contributed by atoms with E-state index in [-0.39, 0.29) is 22.5 Å². The van der Waals surface area contributed by atoms with E-state index in [0.29, 0.717) is 24.2 Å². The van der Waals surface area contributed by atoms with Gasteiger partial charge in [-0.2, -0.15) is 17.6 Å². The summed E-state index contributed by atoms with van der Waals surface area (Å²) < 4.78 is 53.5. The van der Waals surface area contributed by atoms with E-state index in [1.54, 1.807) is 12.1 Å². The van der Waals surface area contributed by atoms with Crippen LogP contribution < -0.4 is 15.1 Å². The monoisotopic (exact) mass is 603 g/mol. The van der Waals surface area contributed by atoms with Crippen LogP contribution in [0.25, 0.3) is 6.08 Å². The molecule has 1 atom stereocenters. The van der Waals surface area contributed by atoms with Crippen molar-refractivity contribution < 1.29 is 22.4 Å². The van der Waals surface area contributed by atoms with E-state index in [0.717, 1.165) is 53.8 Å². The van der Waals surface area contributed by atoms with E-state index >= 15 is 0 Å². The van der Waals surface area contributed by atoms with Crippen molar-refractivity contribution in [2.45, 2.75) is 31.0 Å². The number of hydrogen-bond acceptors (Lipinski definition) is 3. The van der Waals surface area contributed by atoms with Gasteiger partial charge in [0, 0.05) is 28.8 Å². The Morgan fingerprint density at radius 3 is 2.54 bits per heavy atom. The highest BCUT2D eigenvalue weighted by molar-refractivity contribution is 9.10. The zero-order valence-corrected chi connectivity index (χ0v) is 22.7. The number of benzene rings is 2. The topological polar surface area (TPSA) is 54.0 Å². The highest BCUT2D eigenvalue weighted by Gasteiger charge is 2.57. The fourth-order valence-electron chi connectivity index (χ4n) is 5.79. The number of nitrogens with one attached hydrogen (secondary N) is 2. The van der Waals surface area contributed by atoms with Gasteiger partial charge in [0.2, 0.25) is 5.95 Å². The molecule has 2 aromatic carbocycles. The number of fused-ring (bicyclic) bond motifs is 2. The minimum atomic E-state index is -4.40. The second-order valence-corrected chi connectivity index (χ2v) is 11.1. The van der Waals surface area contributed by atoms with E-state index in [9.17, 15) is 22.4 Å². The molecule has 1 fully saturated rings. The number of piperidine rings is 1. The van der Waals surface area contributed by atoms with Crippen LogP contribution in [0, 0.1) is 5.95 Å². The van der Waals surface area contributed by atoms with Crippen LogP contribution in [0.4, 0.5) is 28.0 Å². The van der Waals surface area contributed by atoms with Crippen molar-refractivity contribution in [3.8, 4) is 0 Å². The van der Waals surface area contributed by atoms with Gasteiger partial charge in [-0.25, -0.2) is 14.3 Å². The number of alkyl halides is 3. The number of hydrogen-bond donors (Lipinski definition) is 2. The predicted molar refractivity (Wildman–Crippen MR) is 146 cm³/mol. The first-order chi connectivity index (χ1) is 18.6. The molecule has 0 radical (unpaired) electrons. The van der Waals surface area contributed by atoms with Crippen LogP contribution >= 0.6 is 15.9 Å². The molecule has 1 unspecified atom stereocenters. The molecule has 3 aromatic rings. The number of carbonyl (C=O) groups is 1. The lowest BCUT2D eigenvalue weighted by atomic mass is 9.75. The highest BCUT2D eigenvalue weighted by atomic mass is 79.9. The van der Waals surface area contributed by atoms with Gasteiger partial charge in [0.25, 0.3) is 0 Å². The van der Waals surface area contributed by atoms with Crippen molar-refractivity contribution in [3.63, 3.8) is 0 Å². The van der Waals surface area contributed by atoms with E-state index in [1.165, 1.54) is 24.4 Å². The van der Waals surface area contributed by atoms with Crippen LogP contribution in [0.5, 0.6) is 0 Å². The summed E-state index contributed by atoms with van der Waals surface area (Å²) in [5.41, 5.74) is 2.33. The van der Waals surface area contributed by atoms with Crippen LogP contribution in [0.1, 0.15) is 35.1 Å². The predicted octanol–water partition coefficient (Wildman–Crippen LogP) is 6.57. The van der Waals surface area contributed by atoms with Crippen molar-refractivity contribution in [1.29, 1.82) is 0 Å². The Kier molecular flexibility index (Phi) is 7.63. The van der Waals surface area contributed by atoms with Gasteiger partial charge in [0.05, 0.1) is 11.0 Å². The Labute approximate surface area is 232 Å². The number of aromatic nitrogens is 1. The summed E-state index contributed by atoms with van der Waals surface area (Å²) in [5.74, 6) is -0.616. The van der Waals surface area contributed by atoms with Gasteiger partial charge in [-0.3, -0.25) is 0 Å². The Morgan fingerprint density at radius 2 is 1.85 bits per heavy atom. The average Bonchev–Trinajstić information content (AvgIpc) is 3.16. The van der Waals surface area contributed by atoms with Crippen LogP contribution in [-0.2, 0) is 18.1 Å². The molecule has 0 saturated carbocycles. The van der Waals surface area contributed by atoms with Crippen LogP contribution in [0.2, 0.25) is 0 Å². The Hall–Kier alpha value is -3.08. The number of carbonyl (C=O) groups excluding carboxylic acids is 1. The fourth-order valence-corrected chi connectivity index (χ4v) is 6.15. The van der Waals surface area contributed by atoms with Gasteiger partial charge in [-0.05, 0) is 79.5 Å². The van der Waals surface area contributed by atoms with E-state index in [1.807, 2.05) is 18.2 Å². The summed E-state index contributed by atoms with van der Waals surface area (Å²) in [4.78, 5) is 17.6. The number of quaternary nitrogens is 1. The molecule has 1 saturated heterocycles. The number of amides is 2. The second-order valence-electron chi connectivity index (χ2n) is 10.2. The van der Waals surface area contributed by atoms with Crippen molar-refractivity contribution in [3.05, 3.63) is 99.5 Å². The lowest BCUT2D eigenvalue weighted by Gasteiger charge is -2.36. The van der Waals surface area contributed by atoms with Gasteiger partial charge in [0.1, 0.15) is 18.8 Å². The molecular formula is C29H28BrF4N4O+. The highest BCUT2D eigenvalue weighted by Crippen LogP contribution is 2.51. The number of urea groups is 1. The number of halogens is 5. The quantitative estimate of drug-likeness (QED) is 0.197. The van der Waals surface area contributed by atoms with E-state index in [4.69, 9.17) is 0 Å². The normalized spacial score (nSPS) is 20.3. The first kappa shape index (κ1) is 27.5. The standard InChI is InChI=1S/C29H27BrF4N4O/c30-23-7-8-25-24(17-23)28(10-13-35-14-11-28)19-38(25,27(39)37-18-21-9-12-36-26(31)16-21)15-1-2-20-3-5-22(6-4-20)29(32,33)34/h1-9,12,16-17,35H,10-11,13-15,18-19H2/p+1/b2-1+. The summed E-state index contributed by atoms with van der Waals surface area (Å²) in [6.45, 7) is 2.67. The number of rotatable bonds is 5. The summed E-state index contributed by atoms with van der Waals surface area (Å²) in [5, 5.41) is 6.43. The van der Waals surface area contributed by atoms with Crippen molar-refractivity contribution in [2.24, 2.45) is 0 Å². The molecule has 1 spiro atoms. The second kappa shape index (κ2) is 10.8. The third kappa shape index (κ3) is 5.64. The molecule has 2 aliphatic heterocycles. The zero-order chi connectivity index (χ0) is 27.7. The van der Waals surface area contributed by atoms with E-state index in [2.05, 4.69) is 37.6 Å². The maximum atomic E-state index is 14.1. The summed E-state index contributed by atoms with van der Waals surface area (Å²) >= 11 is 3.60. The van der Waals surface area contributed by atoms with Crippen LogP contribution in [-0.4, -0.2) is 37.2 Å². The number of nitrogens with zero attached hydrogens (tertiary/aromatic N) is 2. The van der Waals surface area contributed by atoms with Gasteiger partial charge < -0.3 is 10.6 Å². The molecule has 1 aromatic heterocycles. The molecule has 5 nitrogen and oxygen atoms in total. The van der Waals surface area contributed by atoms with Crippen molar-refractivity contribution >= 4 is 33.7 Å². The first-order valence-corrected chi connectivity index (χ1v) is 13.5. The van der Waals surface area contributed by atoms with Crippen LogP contribution in [0.3, 0.4) is 0 Å². The molecule has 204 valence electrons. The lowest BCUT2D eigenvalue weighted by molar-refractivity contribution is -0.137. The van der Waals surface area contributed by atoms with Gasteiger partial charge in [-0.1, -0.05) is 34.1 Å². The molecular weight excluding hydrogens is 576 g/mol. The zero-order valence-electron chi connectivity index (χ0n) is 21.1. The lowest BCUT2D eigenvalue weighted by Crippen LogP contribution is -2.60. The molecule has 10 heteroatoms. The van der Waals surface area contributed by atoms with Gasteiger partial charge in [-0.15, -0.1) is 0 Å². The smallest absolute Gasteiger partial charge is 0.317 e. The Balaban J connectivity index is 1.48. The third-order valence-corrected chi connectivity index (χ3v) is 8.21. The van der Waals surface area contributed by atoms with Gasteiger partial charge >= 0.3 is 12.2 Å². The van der Waals surface area contributed by atoms with Crippen molar-refractivity contribution in [2.75, 3.05) is 26.2 Å². The molecule has 0 aliphatic carbocycles. The van der Waals surface area contributed by atoms with Gasteiger partial charge in [0.15, 0.2) is 0 Å². The molecule has 3 heterocycles. The minimum Gasteiger partial charge on any atom is -0.317 e. The van der Waals surface area contributed by atoms with Crippen molar-refractivity contribution in [1.82, 2.24) is 20.1 Å². The SMILES string of the molecule is O=C(NCc1ccnc(F)c1)[N+]1(C/C=C/c2ccc(C(F)(F)F)cc2)CC2(CCNCC2)c2cc(Br)ccc21. The molecule has 2 N–H and O–H groups in total. The summed E-state index contributed by atoms with van der Waals surface area (Å²) in [7, 11) is 0. The molecule has 0 bridgehead atoms. The van der Waals surface area contributed by atoms with E-state index < -0.39 is 17.7 Å². The van der Waals surface area contributed by atoms with Crippen LogP contribution in [0.15, 0.2) is 71.3 Å². The Morgan fingerprint density at radius 1 is 1.10 bits per heavy atom. The largest absolute Gasteiger partial charge is 0.422 e. The molecule has 39 heavy (non-hydrogen) atoms. The molecule has 2 amide bonds. The average molecular weight is 604 g/mol. The summed E-state index contributed by atoms with van der Waals surface area (Å²) in [6, 6.07) is 13.7. The maximum absolute atomic E-state index is 14.1. The number of pyridine rings is 1. The summed E-state index contributed by atoms with van der Waals surface area (Å²) in [6.07, 6.45) is 2.31. The first-order valence-electron chi connectivity index (χ1n) is 12.7. The fraction of sp³-hybridized carbons (Fsp3) is 0.310. The Bertz CT molecular complexity index is 1390. The molecule has 2 aliphatic rings. The third-order valence-electron chi connectivity index (χ3n) is 7.71. The maximum Gasteiger partial charge on any atom is 0.422 e. The molecule has 5 rings (SSSR count). The minimum absolute atomic E-state index is 0.00726.